The van der Waals surface area contributed by atoms with Crippen molar-refractivity contribution in [3.63, 3.8) is 0 Å². The number of anilines is 1. The molecule has 1 aromatic heterocycles. The number of hydrogen-bond donors (Lipinski definition) is 2. The van der Waals surface area contributed by atoms with Crippen molar-refractivity contribution >= 4 is 33.0 Å². The minimum absolute atomic E-state index is 0.0762. The Morgan fingerprint density at radius 3 is 3.06 bits per heavy atom. The van der Waals surface area contributed by atoms with E-state index in [2.05, 4.69) is 34.2 Å². The third-order valence-electron chi connectivity index (χ3n) is 3.19. The standard InChI is InChI=1S/C14H16N2OS/c17-14(16-8-10-1-2-10)9-15-12-3-4-13-11(7-12)5-6-18-13/h3-7,10,15H,1-2,8-9H2,(H,16,17). The summed E-state index contributed by atoms with van der Waals surface area (Å²) >= 11 is 1.73. The lowest BCUT2D eigenvalue weighted by Gasteiger charge is -2.07. The minimum atomic E-state index is 0.0762. The molecule has 3 rings (SSSR count). The van der Waals surface area contributed by atoms with Gasteiger partial charge in [-0.2, -0.15) is 0 Å². The molecule has 4 heteroatoms. The van der Waals surface area contributed by atoms with Crippen LogP contribution in [0.3, 0.4) is 0 Å². The molecule has 0 aliphatic heterocycles. The highest BCUT2D eigenvalue weighted by molar-refractivity contribution is 7.17. The van der Waals surface area contributed by atoms with E-state index in [1.165, 1.54) is 22.9 Å². The van der Waals surface area contributed by atoms with Gasteiger partial charge in [0.2, 0.25) is 5.91 Å². The predicted molar refractivity (Wildman–Crippen MR) is 76.0 cm³/mol. The number of hydrogen-bond acceptors (Lipinski definition) is 3. The van der Waals surface area contributed by atoms with Crippen LogP contribution in [-0.4, -0.2) is 19.0 Å². The predicted octanol–water partition coefficient (Wildman–Crippen LogP) is 2.84. The molecule has 94 valence electrons. The zero-order valence-electron chi connectivity index (χ0n) is 10.1. The molecule has 0 bridgehead atoms. The second-order valence-electron chi connectivity index (χ2n) is 4.77. The first-order valence-electron chi connectivity index (χ1n) is 6.29. The highest BCUT2D eigenvalue weighted by atomic mass is 32.1. The van der Waals surface area contributed by atoms with Crippen LogP contribution in [0.1, 0.15) is 12.8 Å². The highest BCUT2D eigenvalue weighted by Gasteiger charge is 2.21. The second kappa shape index (κ2) is 4.98. The number of nitrogens with one attached hydrogen (secondary N) is 2. The lowest BCUT2D eigenvalue weighted by Crippen LogP contribution is -2.31. The fourth-order valence-corrected chi connectivity index (χ4v) is 2.67. The molecule has 18 heavy (non-hydrogen) atoms. The smallest absolute Gasteiger partial charge is 0.239 e. The summed E-state index contributed by atoms with van der Waals surface area (Å²) in [6.45, 7) is 1.19. The maximum Gasteiger partial charge on any atom is 0.239 e. The molecule has 0 atom stereocenters. The summed E-state index contributed by atoms with van der Waals surface area (Å²) in [6.07, 6.45) is 2.53. The molecule has 1 saturated carbocycles. The summed E-state index contributed by atoms with van der Waals surface area (Å²) < 4.78 is 1.28. The van der Waals surface area contributed by atoms with Crippen molar-refractivity contribution in [2.24, 2.45) is 5.92 Å². The molecule has 1 aliphatic rings. The summed E-state index contributed by atoms with van der Waals surface area (Å²) in [7, 11) is 0. The number of carbonyl (C=O) groups is 1. The van der Waals surface area contributed by atoms with Crippen LogP contribution in [0.15, 0.2) is 29.6 Å². The largest absolute Gasteiger partial charge is 0.376 e. The van der Waals surface area contributed by atoms with E-state index in [-0.39, 0.29) is 5.91 Å². The van der Waals surface area contributed by atoms with Gasteiger partial charge in [-0.1, -0.05) is 0 Å². The van der Waals surface area contributed by atoms with Crippen molar-refractivity contribution in [3.05, 3.63) is 29.6 Å². The van der Waals surface area contributed by atoms with Crippen LogP contribution in [0.25, 0.3) is 10.1 Å². The van der Waals surface area contributed by atoms with Gasteiger partial charge in [-0.25, -0.2) is 0 Å². The topological polar surface area (TPSA) is 41.1 Å². The molecule has 0 saturated heterocycles. The Hall–Kier alpha value is -1.55. The van der Waals surface area contributed by atoms with Gasteiger partial charge in [0, 0.05) is 16.9 Å². The van der Waals surface area contributed by atoms with Crippen LogP contribution in [0.5, 0.6) is 0 Å². The number of rotatable bonds is 5. The lowest BCUT2D eigenvalue weighted by molar-refractivity contribution is -0.119. The van der Waals surface area contributed by atoms with Gasteiger partial charge in [0.25, 0.3) is 0 Å². The van der Waals surface area contributed by atoms with Crippen molar-refractivity contribution in [2.45, 2.75) is 12.8 Å². The average molecular weight is 260 g/mol. The maximum absolute atomic E-state index is 11.6. The van der Waals surface area contributed by atoms with Gasteiger partial charge in [0.05, 0.1) is 6.54 Å². The zero-order valence-corrected chi connectivity index (χ0v) is 10.9. The molecule has 1 amide bonds. The fraction of sp³-hybridized carbons (Fsp3) is 0.357. The average Bonchev–Trinajstić information content (AvgIpc) is 3.10. The van der Waals surface area contributed by atoms with Crippen LogP contribution in [0, 0.1) is 5.92 Å². The van der Waals surface area contributed by atoms with Crippen molar-refractivity contribution in [1.82, 2.24) is 5.32 Å². The van der Waals surface area contributed by atoms with Gasteiger partial charge < -0.3 is 10.6 Å². The zero-order chi connectivity index (χ0) is 12.4. The molecule has 1 aromatic carbocycles. The van der Waals surface area contributed by atoms with E-state index in [0.29, 0.717) is 6.54 Å². The number of benzene rings is 1. The van der Waals surface area contributed by atoms with E-state index in [4.69, 9.17) is 0 Å². The maximum atomic E-state index is 11.6. The third kappa shape index (κ3) is 2.82. The lowest BCUT2D eigenvalue weighted by atomic mass is 10.2. The van der Waals surface area contributed by atoms with Crippen molar-refractivity contribution in [1.29, 1.82) is 0 Å². The second-order valence-corrected chi connectivity index (χ2v) is 5.72. The molecule has 1 heterocycles. The number of fused-ring (bicyclic) bond motifs is 1. The molecule has 0 unspecified atom stereocenters. The first-order chi connectivity index (χ1) is 8.81. The number of thiophene rings is 1. The number of amides is 1. The van der Waals surface area contributed by atoms with Gasteiger partial charge in [-0.15, -0.1) is 11.3 Å². The van der Waals surface area contributed by atoms with Gasteiger partial charge in [0.15, 0.2) is 0 Å². The normalized spacial score (nSPS) is 14.7. The highest BCUT2D eigenvalue weighted by Crippen LogP contribution is 2.27. The third-order valence-corrected chi connectivity index (χ3v) is 4.09. The monoisotopic (exact) mass is 260 g/mol. The van der Waals surface area contributed by atoms with E-state index < -0.39 is 0 Å². The first kappa shape index (κ1) is 11.5. The van der Waals surface area contributed by atoms with Gasteiger partial charge in [-0.3, -0.25) is 4.79 Å². The Balaban J connectivity index is 1.53. The van der Waals surface area contributed by atoms with Gasteiger partial charge in [0.1, 0.15) is 0 Å². The summed E-state index contributed by atoms with van der Waals surface area (Å²) in [4.78, 5) is 11.6. The number of carbonyl (C=O) groups excluding carboxylic acids is 1. The summed E-state index contributed by atoms with van der Waals surface area (Å²) in [5.41, 5.74) is 1.00. The summed E-state index contributed by atoms with van der Waals surface area (Å²) in [5, 5.41) is 9.42. The van der Waals surface area contributed by atoms with E-state index in [1.807, 2.05) is 6.07 Å². The Labute approximate surface area is 110 Å². The van der Waals surface area contributed by atoms with Crippen LogP contribution >= 0.6 is 11.3 Å². The van der Waals surface area contributed by atoms with Gasteiger partial charge in [-0.05, 0) is 53.8 Å². The summed E-state index contributed by atoms with van der Waals surface area (Å²) in [5.74, 6) is 0.809. The van der Waals surface area contributed by atoms with Crippen LogP contribution in [-0.2, 0) is 4.79 Å². The summed E-state index contributed by atoms with van der Waals surface area (Å²) in [6, 6.07) is 8.29. The SMILES string of the molecule is O=C(CNc1ccc2sccc2c1)NCC1CC1. The van der Waals surface area contributed by atoms with Crippen molar-refractivity contribution < 1.29 is 4.79 Å². The molecule has 1 aliphatic carbocycles. The van der Waals surface area contributed by atoms with Crippen molar-refractivity contribution in [2.75, 3.05) is 18.4 Å². The molecular formula is C14H16N2OS. The van der Waals surface area contributed by atoms with E-state index in [9.17, 15) is 4.79 Å². The first-order valence-corrected chi connectivity index (χ1v) is 7.17. The van der Waals surface area contributed by atoms with E-state index in [1.54, 1.807) is 11.3 Å². The Bertz CT molecular complexity index is 560. The van der Waals surface area contributed by atoms with E-state index in [0.717, 1.165) is 18.2 Å². The molecule has 0 spiro atoms. The van der Waals surface area contributed by atoms with E-state index >= 15 is 0 Å². The molecule has 1 fully saturated rings. The van der Waals surface area contributed by atoms with Crippen LogP contribution in [0.4, 0.5) is 5.69 Å². The molecule has 2 aromatic rings. The molecule has 3 nitrogen and oxygen atoms in total. The minimum Gasteiger partial charge on any atom is -0.376 e. The molecular weight excluding hydrogens is 244 g/mol. The Morgan fingerprint density at radius 1 is 1.33 bits per heavy atom. The fourth-order valence-electron chi connectivity index (χ4n) is 1.90. The van der Waals surface area contributed by atoms with Gasteiger partial charge >= 0.3 is 0 Å². The Kier molecular flexibility index (Phi) is 3.19. The van der Waals surface area contributed by atoms with Crippen LogP contribution < -0.4 is 10.6 Å². The van der Waals surface area contributed by atoms with Crippen LogP contribution in [0.2, 0.25) is 0 Å². The quantitative estimate of drug-likeness (QED) is 0.868. The molecule has 2 N–H and O–H groups in total. The van der Waals surface area contributed by atoms with Crippen molar-refractivity contribution in [3.8, 4) is 0 Å². The molecule has 0 radical (unpaired) electrons. The Morgan fingerprint density at radius 2 is 2.22 bits per heavy atom.